The van der Waals surface area contributed by atoms with E-state index in [1.165, 1.54) is 21.8 Å². The second-order valence-electron chi connectivity index (χ2n) is 5.26. The maximum atomic E-state index is 12.7. The number of phenolic OH excluding ortho intramolecular Hbond substituents is 1. The first-order chi connectivity index (χ1) is 12.0. The number of nitrogens with zero attached hydrogens (tertiary/aromatic N) is 3. The molecule has 0 saturated heterocycles. The zero-order chi connectivity index (χ0) is 17.7. The number of nitro groups is 1. The molecular weight excluding hydrogens is 457 g/mol. The predicted molar refractivity (Wildman–Crippen MR) is 103 cm³/mol. The Bertz CT molecular complexity index is 1280. The van der Waals surface area contributed by atoms with Crippen LogP contribution >= 0.6 is 33.9 Å². The third kappa shape index (κ3) is 2.55. The summed E-state index contributed by atoms with van der Waals surface area (Å²) >= 11 is 3.04. The number of aromatic nitrogens is 2. The van der Waals surface area contributed by atoms with Gasteiger partial charge in [0.05, 0.1) is 24.1 Å². The van der Waals surface area contributed by atoms with E-state index in [-0.39, 0.29) is 11.3 Å². The Labute approximate surface area is 157 Å². The van der Waals surface area contributed by atoms with Crippen LogP contribution in [0.3, 0.4) is 0 Å². The van der Waals surface area contributed by atoms with E-state index in [1.807, 2.05) is 46.9 Å². The summed E-state index contributed by atoms with van der Waals surface area (Å²) in [4.78, 5) is 28.1. The lowest BCUT2D eigenvalue weighted by Crippen LogP contribution is -2.22. The molecule has 0 bridgehead atoms. The molecule has 0 amide bonds. The zero-order valence-electron chi connectivity index (χ0n) is 12.3. The summed E-state index contributed by atoms with van der Waals surface area (Å²) in [5.41, 5.74) is 1.33. The summed E-state index contributed by atoms with van der Waals surface area (Å²) in [6, 6.07) is 10.2. The molecule has 0 radical (unpaired) electrons. The molecule has 124 valence electrons. The van der Waals surface area contributed by atoms with Crippen molar-refractivity contribution in [1.29, 1.82) is 0 Å². The van der Waals surface area contributed by atoms with Gasteiger partial charge in [0, 0.05) is 6.07 Å². The van der Waals surface area contributed by atoms with E-state index in [0.717, 1.165) is 11.0 Å². The molecule has 0 fully saturated rings. The Morgan fingerprint density at radius 1 is 1.32 bits per heavy atom. The molecule has 7 nitrogen and oxygen atoms in total. The first-order valence-corrected chi connectivity index (χ1v) is 8.94. The molecule has 4 aromatic rings. The Hall–Kier alpha value is -2.53. The van der Waals surface area contributed by atoms with Crippen molar-refractivity contribution in [2.75, 3.05) is 0 Å². The monoisotopic (exact) mass is 465 g/mol. The van der Waals surface area contributed by atoms with Crippen LogP contribution in [0.1, 0.15) is 5.56 Å². The lowest BCUT2D eigenvalue weighted by molar-refractivity contribution is -0.386. The smallest absolute Gasteiger partial charge is 0.312 e. The van der Waals surface area contributed by atoms with Gasteiger partial charge >= 0.3 is 5.69 Å². The first-order valence-electron chi connectivity index (χ1n) is 7.04. The SMILES string of the molecule is O=c1c(=Cc2cc(I)c(O)c([N+](=O)[O-])c2)sc2nc3ccccc3n12. The van der Waals surface area contributed by atoms with Gasteiger partial charge in [0.25, 0.3) is 5.56 Å². The minimum atomic E-state index is -0.651. The molecule has 0 saturated carbocycles. The molecule has 0 spiro atoms. The molecule has 2 aromatic heterocycles. The molecule has 1 N–H and O–H groups in total. The average Bonchev–Trinajstić information content (AvgIpc) is 3.07. The van der Waals surface area contributed by atoms with Gasteiger partial charge in [-0.15, -0.1) is 0 Å². The van der Waals surface area contributed by atoms with Gasteiger partial charge in [0.1, 0.15) is 0 Å². The summed E-state index contributed by atoms with van der Waals surface area (Å²) in [5, 5.41) is 20.8. The lowest BCUT2D eigenvalue weighted by atomic mass is 10.2. The minimum Gasteiger partial charge on any atom is -0.501 e. The third-order valence-corrected chi connectivity index (χ3v) is 5.50. The zero-order valence-corrected chi connectivity index (χ0v) is 15.3. The van der Waals surface area contributed by atoms with Crippen molar-refractivity contribution in [3.63, 3.8) is 0 Å². The van der Waals surface area contributed by atoms with Crippen molar-refractivity contribution in [2.24, 2.45) is 0 Å². The molecule has 0 atom stereocenters. The fourth-order valence-corrected chi connectivity index (χ4v) is 4.21. The van der Waals surface area contributed by atoms with Gasteiger partial charge < -0.3 is 5.11 Å². The van der Waals surface area contributed by atoms with Crippen molar-refractivity contribution in [3.8, 4) is 5.75 Å². The average molecular weight is 465 g/mol. The van der Waals surface area contributed by atoms with Crippen molar-refractivity contribution < 1.29 is 10.0 Å². The number of hydrogen-bond acceptors (Lipinski definition) is 6. The van der Waals surface area contributed by atoms with Gasteiger partial charge in [-0.2, -0.15) is 0 Å². The van der Waals surface area contributed by atoms with Gasteiger partial charge in [-0.1, -0.05) is 23.5 Å². The quantitative estimate of drug-likeness (QED) is 0.279. The minimum absolute atomic E-state index is 0.223. The van der Waals surface area contributed by atoms with Crippen LogP contribution < -0.4 is 10.1 Å². The highest BCUT2D eigenvalue weighted by Crippen LogP contribution is 2.32. The van der Waals surface area contributed by atoms with Crippen molar-refractivity contribution >= 4 is 61.7 Å². The van der Waals surface area contributed by atoms with Crippen LogP contribution in [-0.2, 0) is 0 Å². The van der Waals surface area contributed by atoms with Gasteiger partial charge in [0.15, 0.2) is 4.96 Å². The van der Waals surface area contributed by atoms with E-state index in [4.69, 9.17) is 0 Å². The molecule has 0 aliphatic heterocycles. The number of halogens is 1. The third-order valence-electron chi connectivity index (χ3n) is 3.71. The van der Waals surface area contributed by atoms with E-state index in [9.17, 15) is 20.0 Å². The fraction of sp³-hybridized carbons (Fsp3) is 0. The second-order valence-corrected chi connectivity index (χ2v) is 7.43. The van der Waals surface area contributed by atoms with Crippen molar-refractivity contribution in [2.45, 2.75) is 0 Å². The number of hydrogen-bond donors (Lipinski definition) is 1. The van der Waals surface area contributed by atoms with Crippen LogP contribution in [0.25, 0.3) is 22.1 Å². The largest absolute Gasteiger partial charge is 0.501 e. The van der Waals surface area contributed by atoms with Crippen LogP contribution in [0.15, 0.2) is 41.2 Å². The van der Waals surface area contributed by atoms with Crippen LogP contribution in [0.2, 0.25) is 0 Å². The number of nitro benzene ring substituents is 1. The predicted octanol–water partition coefficient (Wildman–Crippen LogP) is 2.68. The van der Waals surface area contributed by atoms with Gasteiger partial charge in [-0.25, -0.2) is 9.38 Å². The number of imidazole rings is 1. The summed E-state index contributed by atoms with van der Waals surface area (Å²) in [5.74, 6) is -0.378. The molecule has 0 aliphatic rings. The van der Waals surface area contributed by atoms with Crippen molar-refractivity contribution in [1.82, 2.24) is 9.38 Å². The number of aromatic hydroxyl groups is 1. The maximum absolute atomic E-state index is 12.7. The lowest BCUT2D eigenvalue weighted by Gasteiger charge is -2.00. The molecular formula is C16H8IN3O4S. The standard InChI is InChI=1S/C16H8IN3O4S/c17-9-5-8(6-12(14(9)21)20(23)24)7-13-15(22)19-11-4-2-1-3-10(11)18-16(19)25-13/h1-7,21H. The van der Waals surface area contributed by atoms with Crippen LogP contribution in [0.5, 0.6) is 5.75 Å². The summed E-state index contributed by atoms with van der Waals surface area (Å²) < 4.78 is 2.30. The van der Waals surface area contributed by atoms with E-state index in [1.54, 1.807) is 12.1 Å². The maximum Gasteiger partial charge on any atom is 0.312 e. The Balaban J connectivity index is 1.97. The first kappa shape index (κ1) is 16.0. The highest BCUT2D eigenvalue weighted by molar-refractivity contribution is 14.1. The molecule has 4 rings (SSSR count). The summed E-state index contributed by atoms with van der Waals surface area (Å²) in [6.45, 7) is 0. The fourth-order valence-electron chi connectivity index (χ4n) is 2.59. The number of thiazole rings is 1. The number of para-hydroxylation sites is 2. The highest BCUT2D eigenvalue weighted by atomic mass is 127. The molecule has 25 heavy (non-hydrogen) atoms. The van der Waals surface area contributed by atoms with E-state index >= 15 is 0 Å². The number of rotatable bonds is 2. The molecule has 2 aromatic carbocycles. The Morgan fingerprint density at radius 2 is 2.08 bits per heavy atom. The molecule has 0 unspecified atom stereocenters. The molecule has 2 heterocycles. The second kappa shape index (κ2) is 5.77. The summed E-state index contributed by atoms with van der Waals surface area (Å²) in [7, 11) is 0. The van der Waals surface area contributed by atoms with Crippen LogP contribution in [0.4, 0.5) is 5.69 Å². The van der Waals surface area contributed by atoms with E-state index in [0.29, 0.717) is 18.6 Å². The summed E-state index contributed by atoms with van der Waals surface area (Å²) in [6.07, 6.45) is 1.57. The van der Waals surface area contributed by atoms with Gasteiger partial charge in [-0.3, -0.25) is 14.9 Å². The van der Waals surface area contributed by atoms with Gasteiger partial charge in [-0.05, 0) is 52.4 Å². The topological polar surface area (TPSA) is 97.7 Å². The molecule has 0 aliphatic carbocycles. The number of phenols is 1. The number of benzene rings is 2. The van der Waals surface area contributed by atoms with Crippen LogP contribution in [-0.4, -0.2) is 19.4 Å². The van der Waals surface area contributed by atoms with Gasteiger partial charge in [0.2, 0.25) is 5.75 Å². The van der Waals surface area contributed by atoms with E-state index in [2.05, 4.69) is 4.98 Å². The van der Waals surface area contributed by atoms with E-state index < -0.39 is 10.6 Å². The Morgan fingerprint density at radius 3 is 2.84 bits per heavy atom. The normalized spacial score (nSPS) is 12.3. The molecule has 9 heteroatoms. The van der Waals surface area contributed by atoms with Crippen LogP contribution in [0, 0.1) is 13.7 Å². The Kier molecular flexibility index (Phi) is 3.69. The number of fused-ring (bicyclic) bond motifs is 3. The highest BCUT2D eigenvalue weighted by Gasteiger charge is 2.17. The van der Waals surface area contributed by atoms with Crippen molar-refractivity contribution in [3.05, 3.63) is 70.5 Å².